The van der Waals surface area contributed by atoms with Crippen molar-refractivity contribution in [3.63, 3.8) is 0 Å². The summed E-state index contributed by atoms with van der Waals surface area (Å²) in [7, 11) is 0. The SMILES string of the molecule is CC(=O)Nc1cc(NC(=O)/C=C/c2ccc(-c3ccccc3)s2)c(F)cc1F. The minimum atomic E-state index is -0.934. The Kier molecular flexibility index (Phi) is 5.96. The molecule has 2 N–H and O–H groups in total. The predicted octanol–water partition coefficient (Wildman–Crippen LogP) is 5.30. The zero-order valence-corrected chi connectivity index (χ0v) is 15.6. The van der Waals surface area contributed by atoms with Crippen LogP contribution in [-0.2, 0) is 9.59 Å². The molecule has 0 atom stereocenters. The lowest BCUT2D eigenvalue weighted by Crippen LogP contribution is -2.12. The van der Waals surface area contributed by atoms with Gasteiger partial charge in [0.15, 0.2) is 0 Å². The van der Waals surface area contributed by atoms with Crippen LogP contribution in [-0.4, -0.2) is 11.8 Å². The molecule has 0 bridgehead atoms. The molecule has 1 aromatic heterocycles. The lowest BCUT2D eigenvalue weighted by molar-refractivity contribution is -0.114. The summed E-state index contributed by atoms with van der Waals surface area (Å²) < 4.78 is 27.6. The number of hydrogen-bond acceptors (Lipinski definition) is 3. The van der Waals surface area contributed by atoms with E-state index in [0.29, 0.717) is 6.07 Å². The Hall–Kier alpha value is -3.32. The number of amides is 2. The third-order valence-corrected chi connectivity index (χ3v) is 4.81. The van der Waals surface area contributed by atoms with Crippen LogP contribution < -0.4 is 10.6 Å². The first-order valence-corrected chi connectivity index (χ1v) is 9.15. The molecule has 0 fully saturated rings. The molecule has 0 unspecified atom stereocenters. The highest BCUT2D eigenvalue weighted by atomic mass is 32.1. The molecule has 7 heteroatoms. The number of halogens is 2. The maximum absolute atomic E-state index is 13.9. The van der Waals surface area contributed by atoms with Crippen molar-refractivity contribution < 1.29 is 18.4 Å². The van der Waals surface area contributed by atoms with E-state index in [-0.39, 0.29) is 11.4 Å². The maximum Gasteiger partial charge on any atom is 0.248 e. The van der Waals surface area contributed by atoms with Gasteiger partial charge in [-0.3, -0.25) is 9.59 Å². The molecule has 0 radical (unpaired) electrons. The second-order valence-electron chi connectivity index (χ2n) is 5.88. The highest BCUT2D eigenvalue weighted by molar-refractivity contribution is 7.16. The van der Waals surface area contributed by atoms with Gasteiger partial charge in [0.25, 0.3) is 0 Å². The summed E-state index contributed by atoms with van der Waals surface area (Å²) in [6, 6.07) is 15.3. The van der Waals surface area contributed by atoms with E-state index in [9.17, 15) is 18.4 Å². The van der Waals surface area contributed by atoms with Crippen molar-refractivity contribution in [2.45, 2.75) is 6.92 Å². The number of thiophene rings is 1. The van der Waals surface area contributed by atoms with Gasteiger partial charge in [0.05, 0.1) is 11.4 Å². The lowest BCUT2D eigenvalue weighted by Gasteiger charge is -2.09. The zero-order valence-electron chi connectivity index (χ0n) is 14.8. The van der Waals surface area contributed by atoms with Crippen molar-refractivity contribution in [3.05, 3.63) is 77.2 Å². The zero-order chi connectivity index (χ0) is 20.1. The van der Waals surface area contributed by atoms with E-state index < -0.39 is 23.4 Å². The standard InChI is InChI=1S/C21H16F2N2O2S/c1-13(26)24-18-12-19(17(23)11-16(18)22)25-21(27)10-8-15-7-9-20(28-15)14-5-3-2-4-6-14/h2-12H,1H3,(H,24,26)(H,25,27)/b10-8+. The van der Waals surface area contributed by atoms with Crippen molar-refractivity contribution in [1.29, 1.82) is 0 Å². The molecular formula is C21H16F2N2O2S. The van der Waals surface area contributed by atoms with Crippen LogP contribution in [0.3, 0.4) is 0 Å². The molecule has 0 spiro atoms. The summed E-state index contributed by atoms with van der Waals surface area (Å²) in [5.41, 5.74) is 0.644. The van der Waals surface area contributed by atoms with Crippen LogP contribution in [0.4, 0.5) is 20.2 Å². The molecule has 0 aliphatic carbocycles. The number of carbonyl (C=O) groups is 2. The predicted molar refractivity (Wildman–Crippen MR) is 108 cm³/mol. The number of anilines is 2. The Morgan fingerprint density at radius 2 is 1.61 bits per heavy atom. The molecule has 3 rings (SSSR count). The quantitative estimate of drug-likeness (QED) is 0.573. The summed E-state index contributed by atoms with van der Waals surface area (Å²) in [6.45, 7) is 1.20. The first-order chi connectivity index (χ1) is 13.4. The topological polar surface area (TPSA) is 58.2 Å². The summed E-state index contributed by atoms with van der Waals surface area (Å²) in [4.78, 5) is 25.1. The van der Waals surface area contributed by atoms with E-state index in [1.807, 2.05) is 42.5 Å². The average molecular weight is 398 g/mol. The second-order valence-corrected chi connectivity index (χ2v) is 7.00. The van der Waals surface area contributed by atoms with Gasteiger partial charge in [0.1, 0.15) is 11.6 Å². The number of nitrogens with one attached hydrogen (secondary N) is 2. The smallest absolute Gasteiger partial charge is 0.248 e. The van der Waals surface area contributed by atoms with Crippen molar-refractivity contribution >= 4 is 40.6 Å². The molecule has 28 heavy (non-hydrogen) atoms. The fraction of sp³-hybridized carbons (Fsp3) is 0.0476. The number of benzene rings is 2. The van der Waals surface area contributed by atoms with E-state index in [1.54, 1.807) is 6.08 Å². The summed E-state index contributed by atoms with van der Waals surface area (Å²) in [6.07, 6.45) is 2.88. The Balaban J connectivity index is 1.70. The van der Waals surface area contributed by atoms with Gasteiger partial charge in [-0.25, -0.2) is 8.78 Å². The van der Waals surface area contributed by atoms with Crippen LogP contribution in [0.5, 0.6) is 0 Å². The molecule has 0 aliphatic heterocycles. The Morgan fingerprint density at radius 1 is 0.929 bits per heavy atom. The second kappa shape index (κ2) is 8.58. The van der Waals surface area contributed by atoms with Gasteiger partial charge in [0, 0.05) is 28.8 Å². The monoisotopic (exact) mass is 398 g/mol. The molecule has 0 aliphatic rings. The van der Waals surface area contributed by atoms with Crippen LogP contribution in [0, 0.1) is 11.6 Å². The molecule has 2 aromatic carbocycles. The fourth-order valence-electron chi connectivity index (χ4n) is 2.46. The summed E-state index contributed by atoms with van der Waals surface area (Å²) >= 11 is 1.51. The third-order valence-electron chi connectivity index (χ3n) is 3.71. The molecule has 1 heterocycles. The lowest BCUT2D eigenvalue weighted by atomic mass is 10.2. The van der Waals surface area contributed by atoms with Gasteiger partial charge >= 0.3 is 0 Å². The minimum Gasteiger partial charge on any atom is -0.324 e. The number of hydrogen-bond donors (Lipinski definition) is 2. The van der Waals surface area contributed by atoms with Crippen molar-refractivity contribution in [1.82, 2.24) is 0 Å². The van der Waals surface area contributed by atoms with Crippen LogP contribution in [0.15, 0.2) is 60.7 Å². The van der Waals surface area contributed by atoms with Crippen LogP contribution >= 0.6 is 11.3 Å². The van der Waals surface area contributed by atoms with Gasteiger partial charge in [-0.1, -0.05) is 30.3 Å². The number of rotatable bonds is 5. The Morgan fingerprint density at radius 3 is 2.29 bits per heavy atom. The Labute approximate surface area is 164 Å². The molecular weight excluding hydrogens is 382 g/mol. The van der Waals surface area contributed by atoms with Gasteiger partial charge in [-0.05, 0) is 29.8 Å². The van der Waals surface area contributed by atoms with Crippen LogP contribution in [0.25, 0.3) is 16.5 Å². The van der Waals surface area contributed by atoms with Gasteiger partial charge in [0.2, 0.25) is 11.8 Å². The summed E-state index contributed by atoms with van der Waals surface area (Å²) in [5.74, 6) is -2.94. The summed E-state index contributed by atoms with van der Waals surface area (Å²) in [5, 5.41) is 4.59. The molecule has 142 valence electrons. The molecule has 4 nitrogen and oxygen atoms in total. The first kappa shape index (κ1) is 19.4. The van der Waals surface area contributed by atoms with Crippen LogP contribution in [0.1, 0.15) is 11.8 Å². The number of carbonyl (C=O) groups excluding carboxylic acids is 2. The molecule has 2 amide bonds. The average Bonchev–Trinajstić information content (AvgIpc) is 3.13. The van der Waals surface area contributed by atoms with Crippen molar-refractivity contribution in [3.8, 4) is 10.4 Å². The van der Waals surface area contributed by atoms with Crippen molar-refractivity contribution in [2.24, 2.45) is 0 Å². The minimum absolute atomic E-state index is 0.209. The maximum atomic E-state index is 13.9. The first-order valence-electron chi connectivity index (χ1n) is 8.33. The van der Waals surface area contributed by atoms with Gasteiger partial charge in [-0.2, -0.15) is 0 Å². The van der Waals surface area contributed by atoms with E-state index >= 15 is 0 Å². The third kappa shape index (κ3) is 4.89. The van der Waals surface area contributed by atoms with E-state index in [4.69, 9.17) is 0 Å². The van der Waals surface area contributed by atoms with Crippen LogP contribution in [0.2, 0.25) is 0 Å². The highest BCUT2D eigenvalue weighted by Gasteiger charge is 2.12. The van der Waals surface area contributed by atoms with Crippen molar-refractivity contribution in [2.75, 3.05) is 10.6 Å². The molecule has 3 aromatic rings. The normalized spacial score (nSPS) is 10.8. The van der Waals surface area contributed by atoms with E-state index in [1.165, 1.54) is 24.3 Å². The largest absolute Gasteiger partial charge is 0.324 e. The van der Waals surface area contributed by atoms with Gasteiger partial charge < -0.3 is 10.6 Å². The molecule has 0 saturated carbocycles. The highest BCUT2D eigenvalue weighted by Crippen LogP contribution is 2.28. The fourth-order valence-corrected chi connectivity index (χ4v) is 3.38. The van der Waals surface area contributed by atoms with E-state index in [0.717, 1.165) is 21.4 Å². The molecule has 0 saturated heterocycles. The van der Waals surface area contributed by atoms with E-state index in [2.05, 4.69) is 10.6 Å². The Bertz CT molecular complexity index is 1050. The van der Waals surface area contributed by atoms with Gasteiger partial charge in [-0.15, -0.1) is 11.3 Å².